The zero-order chi connectivity index (χ0) is 21.5. The Balaban J connectivity index is 1.57. The van der Waals surface area contributed by atoms with Gasteiger partial charge in [0.1, 0.15) is 5.60 Å². The summed E-state index contributed by atoms with van der Waals surface area (Å²) in [5.41, 5.74) is 2.22. The predicted octanol–water partition coefficient (Wildman–Crippen LogP) is 3.90. The standard InChI is InChI=1S/C24H34N2O4/c1-23(2,3)30-22(28)25-11-9-24(10-12-25)16-17-15-20(27)26(13-14-29-4)21(17)18-7-5-6-8-19(18)24/h5-8,17,21H,9-16H2,1-4H3/t17-,21-/m0/s1. The molecular weight excluding hydrogens is 380 g/mol. The van der Waals surface area contributed by atoms with Gasteiger partial charge in [0.25, 0.3) is 0 Å². The van der Waals surface area contributed by atoms with Crippen molar-refractivity contribution in [2.24, 2.45) is 5.92 Å². The predicted molar refractivity (Wildman–Crippen MR) is 114 cm³/mol. The van der Waals surface area contributed by atoms with E-state index in [-0.39, 0.29) is 23.5 Å². The Labute approximate surface area is 179 Å². The smallest absolute Gasteiger partial charge is 0.410 e. The van der Waals surface area contributed by atoms with Crippen molar-refractivity contribution < 1.29 is 19.1 Å². The van der Waals surface area contributed by atoms with Crippen molar-refractivity contribution >= 4 is 12.0 Å². The zero-order valence-electron chi connectivity index (χ0n) is 18.6. The van der Waals surface area contributed by atoms with E-state index < -0.39 is 5.60 Å². The maximum atomic E-state index is 12.8. The van der Waals surface area contributed by atoms with Gasteiger partial charge in [0.2, 0.25) is 5.91 Å². The Hall–Kier alpha value is -2.08. The Kier molecular flexibility index (Phi) is 5.56. The van der Waals surface area contributed by atoms with E-state index in [1.165, 1.54) is 11.1 Å². The summed E-state index contributed by atoms with van der Waals surface area (Å²) in [6, 6.07) is 8.79. The van der Waals surface area contributed by atoms with Crippen LogP contribution in [0.15, 0.2) is 24.3 Å². The summed E-state index contributed by atoms with van der Waals surface area (Å²) < 4.78 is 10.8. The molecule has 0 aromatic heterocycles. The highest BCUT2D eigenvalue weighted by Gasteiger charge is 2.52. The van der Waals surface area contributed by atoms with Crippen molar-refractivity contribution in [3.8, 4) is 0 Å². The third kappa shape index (κ3) is 3.82. The summed E-state index contributed by atoms with van der Waals surface area (Å²) in [5.74, 6) is 0.567. The van der Waals surface area contributed by atoms with Gasteiger partial charge in [0.05, 0.1) is 12.6 Å². The van der Waals surface area contributed by atoms with E-state index in [0.29, 0.717) is 38.6 Å². The second kappa shape index (κ2) is 7.88. The molecule has 6 nitrogen and oxygen atoms in total. The molecule has 1 aliphatic carbocycles. The van der Waals surface area contributed by atoms with Crippen LogP contribution in [0.1, 0.15) is 63.6 Å². The Morgan fingerprint density at radius 3 is 2.57 bits per heavy atom. The SMILES string of the molecule is COCCN1C(=O)C[C@H]2CC3(CCN(C(=O)OC(C)(C)C)CC3)c3ccccc3[C@H]21. The van der Waals surface area contributed by atoms with E-state index >= 15 is 0 Å². The first kappa shape index (κ1) is 21.2. The van der Waals surface area contributed by atoms with Crippen molar-refractivity contribution in [1.29, 1.82) is 0 Å². The molecular formula is C24H34N2O4. The number of fused-ring (bicyclic) bond motifs is 4. The molecule has 6 heteroatoms. The normalized spacial score (nSPS) is 25.3. The van der Waals surface area contributed by atoms with Crippen LogP contribution < -0.4 is 0 Å². The molecule has 0 unspecified atom stereocenters. The first-order valence-corrected chi connectivity index (χ1v) is 11.1. The van der Waals surface area contributed by atoms with Crippen LogP contribution in [0.2, 0.25) is 0 Å². The van der Waals surface area contributed by atoms with Gasteiger partial charge in [-0.25, -0.2) is 4.79 Å². The minimum absolute atomic E-state index is 0.0355. The van der Waals surface area contributed by atoms with Crippen molar-refractivity contribution in [3.05, 3.63) is 35.4 Å². The maximum Gasteiger partial charge on any atom is 0.410 e. The average molecular weight is 415 g/mol. The van der Waals surface area contributed by atoms with Gasteiger partial charge < -0.3 is 19.3 Å². The fourth-order valence-corrected chi connectivity index (χ4v) is 5.69. The third-order valence-electron chi connectivity index (χ3n) is 6.95. The molecule has 164 valence electrons. The lowest BCUT2D eigenvalue weighted by molar-refractivity contribution is -0.129. The highest BCUT2D eigenvalue weighted by atomic mass is 16.6. The molecule has 1 aromatic rings. The molecule has 2 amide bonds. The minimum atomic E-state index is -0.479. The molecule has 2 aliphatic heterocycles. The van der Waals surface area contributed by atoms with Crippen LogP contribution >= 0.6 is 0 Å². The quantitative estimate of drug-likeness (QED) is 0.753. The van der Waals surface area contributed by atoms with Crippen molar-refractivity contribution in [2.45, 2.75) is 63.5 Å². The number of nitrogens with zero attached hydrogens (tertiary/aromatic N) is 2. The molecule has 1 aromatic carbocycles. The van der Waals surface area contributed by atoms with E-state index in [4.69, 9.17) is 9.47 Å². The Bertz CT molecular complexity index is 808. The number of rotatable bonds is 3. The summed E-state index contributed by atoms with van der Waals surface area (Å²) in [7, 11) is 1.68. The fraction of sp³-hybridized carbons (Fsp3) is 0.667. The minimum Gasteiger partial charge on any atom is -0.444 e. The van der Waals surface area contributed by atoms with Crippen LogP contribution in [0.4, 0.5) is 4.79 Å². The van der Waals surface area contributed by atoms with Gasteiger partial charge in [0.15, 0.2) is 0 Å². The lowest BCUT2D eigenvalue weighted by Gasteiger charge is -2.49. The highest BCUT2D eigenvalue weighted by Crippen LogP contribution is 2.55. The Morgan fingerprint density at radius 2 is 1.90 bits per heavy atom. The van der Waals surface area contributed by atoms with E-state index in [9.17, 15) is 9.59 Å². The number of carbonyl (C=O) groups excluding carboxylic acids is 2. The summed E-state index contributed by atoms with van der Waals surface area (Å²) in [6.07, 6.45) is 3.23. The van der Waals surface area contributed by atoms with E-state index in [1.807, 2.05) is 30.6 Å². The van der Waals surface area contributed by atoms with E-state index in [2.05, 4.69) is 24.3 Å². The molecule has 4 rings (SSSR count). The number of benzene rings is 1. The second-order valence-electron chi connectivity index (χ2n) is 10.0. The summed E-state index contributed by atoms with van der Waals surface area (Å²) in [5, 5.41) is 0. The van der Waals surface area contributed by atoms with Gasteiger partial charge in [-0.3, -0.25) is 4.79 Å². The van der Waals surface area contributed by atoms with Gasteiger partial charge >= 0.3 is 6.09 Å². The first-order valence-electron chi connectivity index (χ1n) is 11.1. The van der Waals surface area contributed by atoms with Crippen LogP contribution in [-0.4, -0.2) is 60.8 Å². The number of piperidine rings is 1. The summed E-state index contributed by atoms with van der Waals surface area (Å²) >= 11 is 0. The molecule has 1 spiro atoms. The molecule has 2 atom stereocenters. The molecule has 2 saturated heterocycles. The highest BCUT2D eigenvalue weighted by molar-refractivity contribution is 5.80. The van der Waals surface area contributed by atoms with Gasteiger partial charge in [-0.1, -0.05) is 24.3 Å². The summed E-state index contributed by atoms with van der Waals surface area (Å²) in [4.78, 5) is 29.2. The van der Waals surface area contributed by atoms with Crippen LogP contribution in [-0.2, 0) is 19.7 Å². The number of hydrogen-bond acceptors (Lipinski definition) is 4. The first-order chi connectivity index (χ1) is 14.2. The average Bonchev–Trinajstić information content (AvgIpc) is 3.00. The molecule has 3 aliphatic rings. The number of methoxy groups -OCH3 is 1. The van der Waals surface area contributed by atoms with Crippen molar-refractivity contribution in [3.63, 3.8) is 0 Å². The zero-order valence-corrected chi connectivity index (χ0v) is 18.6. The van der Waals surface area contributed by atoms with Crippen LogP contribution in [0.5, 0.6) is 0 Å². The number of amides is 2. The monoisotopic (exact) mass is 414 g/mol. The molecule has 0 bridgehead atoms. The number of ether oxygens (including phenoxy) is 2. The van der Waals surface area contributed by atoms with E-state index in [0.717, 1.165) is 19.3 Å². The molecule has 0 saturated carbocycles. The molecule has 0 N–H and O–H groups in total. The maximum absolute atomic E-state index is 12.8. The van der Waals surface area contributed by atoms with Crippen LogP contribution in [0.25, 0.3) is 0 Å². The van der Waals surface area contributed by atoms with Gasteiger partial charge in [-0.05, 0) is 62.5 Å². The molecule has 2 heterocycles. The lowest BCUT2D eigenvalue weighted by Crippen LogP contribution is -2.49. The topological polar surface area (TPSA) is 59.1 Å². The van der Waals surface area contributed by atoms with Gasteiger partial charge in [-0.15, -0.1) is 0 Å². The second-order valence-corrected chi connectivity index (χ2v) is 10.0. The molecule has 30 heavy (non-hydrogen) atoms. The fourth-order valence-electron chi connectivity index (χ4n) is 5.69. The number of likely N-dealkylation sites (tertiary alicyclic amines) is 2. The van der Waals surface area contributed by atoms with Gasteiger partial charge in [-0.2, -0.15) is 0 Å². The molecule has 0 radical (unpaired) electrons. The van der Waals surface area contributed by atoms with Crippen molar-refractivity contribution in [2.75, 3.05) is 33.4 Å². The Morgan fingerprint density at radius 1 is 1.20 bits per heavy atom. The largest absolute Gasteiger partial charge is 0.444 e. The van der Waals surface area contributed by atoms with Crippen LogP contribution in [0.3, 0.4) is 0 Å². The third-order valence-corrected chi connectivity index (χ3v) is 6.95. The lowest BCUT2D eigenvalue weighted by atomic mass is 9.60. The van der Waals surface area contributed by atoms with Crippen molar-refractivity contribution in [1.82, 2.24) is 9.80 Å². The van der Waals surface area contributed by atoms with Crippen LogP contribution in [0, 0.1) is 5.92 Å². The van der Waals surface area contributed by atoms with E-state index in [1.54, 1.807) is 7.11 Å². The molecule has 2 fully saturated rings. The number of carbonyl (C=O) groups is 2. The van der Waals surface area contributed by atoms with Gasteiger partial charge in [0, 0.05) is 33.2 Å². The summed E-state index contributed by atoms with van der Waals surface area (Å²) in [6.45, 7) is 8.31. The number of hydrogen-bond donors (Lipinski definition) is 0.